The molecule has 1 fully saturated rings. The minimum Gasteiger partial charge on any atom is -0.488 e. The number of aromatic nitrogens is 4. The first-order valence-electron chi connectivity index (χ1n) is 13.3. The quantitative estimate of drug-likeness (QED) is 0.301. The molecular formula is C29H23ClF3N7O3. The second-order valence-electron chi connectivity index (χ2n) is 10.2. The third kappa shape index (κ3) is 4.97. The molecule has 0 N–H and O–H groups in total. The molecule has 1 unspecified atom stereocenters. The monoisotopic (exact) mass is 609 g/mol. The van der Waals surface area contributed by atoms with Gasteiger partial charge in [0.2, 0.25) is 0 Å². The maximum Gasteiger partial charge on any atom is 0.350 e. The standard InChI is InChI=1S/C29H23ClF3N7O3/c1-16(31)28(41)39-10-9-37(13-18(39)5-6-34)27-21-12-22(30)24(20-4-3-17(32)11-23(20)33)26-25(21)40(29(42)36-27)19(15-43-26)14-38-8-2-7-35-38/h2-4,7-8,11-12,18-19H,1,5,9-10,13-15H2/t18-,19?/m0/s1. The van der Waals surface area contributed by atoms with Crippen molar-refractivity contribution in [1.82, 2.24) is 24.2 Å². The number of carbonyl (C=O) groups excluding carboxylic acids is 1. The summed E-state index contributed by atoms with van der Waals surface area (Å²) >= 11 is 6.75. The Morgan fingerprint density at radius 1 is 1.23 bits per heavy atom. The molecule has 43 heavy (non-hydrogen) atoms. The summed E-state index contributed by atoms with van der Waals surface area (Å²) in [6, 6.07) is 7.12. The molecule has 0 saturated carbocycles. The van der Waals surface area contributed by atoms with Gasteiger partial charge in [0.25, 0.3) is 5.91 Å². The Balaban J connectivity index is 1.54. The number of nitrogens with zero attached hydrogens (tertiary/aromatic N) is 7. The molecule has 0 bridgehead atoms. The van der Waals surface area contributed by atoms with E-state index in [0.717, 1.165) is 12.1 Å². The summed E-state index contributed by atoms with van der Waals surface area (Å²) in [6.07, 6.45) is 3.25. The lowest BCUT2D eigenvalue weighted by Crippen LogP contribution is -2.55. The molecule has 1 amide bonds. The molecule has 4 aromatic rings. The van der Waals surface area contributed by atoms with Crippen molar-refractivity contribution in [2.24, 2.45) is 0 Å². The molecule has 10 nitrogen and oxygen atoms in total. The van der Waals surface area contributed by atoms with Gasteiger partial charge in [0.05, 0.1) is 41.7 Å². The molecule has 2 atom stereocenters. The Kier molecular flexibility index (Phi) is 7.31. The van der Waals surface area contributed by atoms with Crippen LogP contribution in [0.1, 0.15) is 12.5 Å². The predicted molar refractivity (Wildman–Crippen MR) is 151 cm³/mol. The van der Waals surface area contributed by atoms with Gasteiger partial charge in [-0.05, 0) is 24.3 Å². The first-order chi connectivity index (χ1) is 20.7. The summed E-state index contributed by atoms with van der Waals surface area (Å²) in [4.78, 5) is 33.6. The highest BCUT2D eigenvalue weighted by Crippen LogP contribution is 2.47. The van der Waals surface area contributed by atoms with Crippen molar-refractivity contribution >= 4 is 34.2 Å². The summed E-state index contributed by atoms with van der Waals surface area (Å²) in [5, 5.41) is 14.1. The van der Waals surface area contributed by atoms with Crippen LogP contribution in [-0.2, 0) is 11.3 Å². The minimum absolute atomic E-state index is 0.0111. The molecule has 2 aromatic heterocycles. The number of hydrogen-bond acceptors (Lipinski definition) is 7. The number of anilines is 1. The molecule has 0 spiro atoms. The van der Waals surface area contributed by atoms with Crippen molar-refractivity contribution in [2.75, 3.05) is 31.1 Å². The number of piperazine rings is 1. The van der Waals surface area contributed by atoms with E-state index in [9.17, 15) is 23.6 Å². The summed E-state index contributed by atoms with van der Waals surface area (Å²) in [7, 11) is 0. The first-order valence-corrected chi connectivity index (χ1v) is 13.7. The zero-order valence-corrected chi connectivity index (χ0v) is 23.3. The van der Waals surface area contributed by atoms with Crippen molar-refractivity contribution in [3.63, 3.8) is 0 Å². The fraction of sp³-hybridized carbons (Fsp3) is 0.276. The molecule has 220 valence electrons. The van der Waals surface area contributed by atoms with E-state index in [4.69, 9.17) is 16.3 Å². The number of benzene rings is 2. The number of ether oxygens (including phenoxy) is 1. The number of halogens is 4. The number of carbonyl (C=O) groups is 1. The van der Waals surface area contributed by atoms with Gasteiger partial charge in [-0.15, -0.1) is 0 Å². The molecule has 6 rings (SSSR count). The van der Waals surface area contributed by atoms with E-state index in [0.29, 0.717) is 10.9 Å². The van der Waals surface area contributed by atoms with E-state index >= 15 is 4.39 Å². The van der Waals surface area contributed by atoms with Crippen LogP contribution in [0.4, 0.5) is 19.0 Å². The largest absolute Gasteiger partial charge is 0.488 e. The Hall–Kier alpha value is -4.83. The highest BCUT2D eigenvalue weighted by atomic mass is 35.5. The van der Waals surface area contributed by atoms with Gasteiger partial charge in [0.1, 0.15) is 24.1 Å². The van der Waals surface area contributed by atoms with Gasteiger partial charge >= 0.3 is 5.69 Å². The van der Waals surface area contributed by atoms with E-state index in [1.807, 2.05) is 6.07 Å². The van der Waals surface area contributed by atoms with Crippen LogP contribution in [0.5, 0.6) is 5.75 Å². The third-order valence-electron chi connectivity index (χ3n) is 7.64. The van der Waals surface area contributed by atoms with Crippen LogP contribution in [0.2, 0.25) is 5.02 Å². The van der Waals surface area contributed by atoms with Gasteiger partial charge in [-0.2, -0.15) is 15.3 Å². The van der Waals surface area contributed by atoms with Crippen LogP contribution in [-0.4, -0.2) is 62.4 Å². The number of hydrogen-bond donors (Lipinski definition) is 0. The SMILES string of the molecule is C=C(F)C(=O)N1CCN(c2nc(=O)n3c4c(c(-c5ccc(F)cc5F)c(Cl)cc24)OCC3Cn2cccn2)C[C@@H]1CC#N. The van der Waals surface area contributed by atoms with Crippen molar-refractivity contribution in [3.8, 4) is 22.9 Å². The van der Waals surface area contributed by atoms with Gasteiger partial charge in [0.15, 0.2) is 11.6 Å². The molecular weight excluding hydrogens is 587 g/mol. The average Bonchev–Trinajstić information content (AvgIpc) is 3.49. The molecule has 2 aromatic carbocycles. The molecule has 14 heteroatoms. The second-order valence-corrected chi connectivity index (χ2v) is 10.6. The van der Waals surface area contributed by atoms with Crippen molar-refractivity contribution in [2.45, 2.75) is 25.0 Å². The molecule has 2 aliphatic rings. The average molecular weight is 610 g/mol. The van der Waals surface area contributed by atoms with Crippen LogP contribution in [0, 0.1) is 23.0 Å². The van der Waals surface area contributed by atoms with E-state index in [2.05, 4.69) is 16.7 Å². The van der Waals surface area contributed by atoms with E-state index in [1.165, 1.54) is 21.6 Å². The lowest BCUT2D eigenvalue weighted by atomic mass is 9.99. The van der Waals surface area contributed by atoms with Gasteiger partial charge < -0.3 is 14.5 Å². The van der Waals surface area contributed by atoms with Crippen LogP contribution < -0.4 is 15.3 Å². The number of nitriles is 1. The number of amides is 1. The maximum absolute atomic E-state index is 15.1. The van der Waals surface area contributed by atoms with Crippen LogP contribution in [0.25, 0.3) is 22.0 Å². The Bertz CT molecular complexity index is 1870. The van der Waals surface area contributed by atoms with E-state index in [1.54, 1.807) is 28.0 Å². The Labute approximate surface area is 247 Å². The summed E-state index contributed by atoms with van der Waals surface area (Å²) in [5.74, 6) is -3.34. The lowest BCUT2D eigenvalue weighted by molar-refractivity contribution is -0.131. The van der Waals surface area contributed by atoms with Gasteiger partial charge in [-0.25, -0.2) is 18.0 Å². The van der Waals surface area contributed by atoms with Crippen LogP contribution >= 0.6 is 11.6 Å². The smallest absolute Gasteiger partial charge is 0.350 e. The van der Waals surface area contributed by atoms with E-state index in [-0.39, 0.29) is 66.9 Å². The summed E-state index contributed by atoms with van der Waals surface area (Å²) in [6.45, 7) is 3.63. The van der Waals surface area contributed by atoms with Crippen molar-refractivity contribution in [3.05, 3.63) is 82.3 Å². The fourth-order valence-electron chi connectivity index (χ4n) is 5.75. The lowest BCUT2D eigenvalue weighted by Gasteiger charge is -2.41. The summed E-state index contributed by atoms with van der Waals surface area (Å²) < 4.78 is 51.9. The predicted octanol–water partition coefficient (Wildman–Crippen LogP) is 4.24. The van der Waals surface area contributed by atoms with Crippen molar-refractivity contribution in [1.29, 1.82) is 5.26 Å². The van der Waals surface area contributed by atoms with Gasteiger partial charge in [-0.1, -0.05) is 18.2 Å². The van der Waals surface area contributed by atoms with E-state index < -0.39 is 41.1 Å². The zero-order valence-electron chi connectivity index (χ0n) is 22.5. The van der Waals surface area contributed by atoms with Crippen LogP contribution in [0.15, 0.2) is 59.9 Å². The Morgan fingerprint density at radius 2 is 2.05 bits per heavy atom. The maximum atomic E-state index is 15.1. The molecule has 0 aliphatic carbocycles. The number of rotatable bonds is 6. The fourth-order valence-corrected chi connectivity index (χ4v) is 6.05. The highest BCUT2D eigenvalue weighted by molar-refractivity contribution is 6.35. The molecule has 2 aliphatic heterocycles. The first kappa shape index (κ1) is 28.3. The van der Waals surface area contributed by atoms with Crippen LogP contribution in [0.3, 0.4) is 0 Å². The normalized spacial score (nSPS) is 17.9. The molecule has 0 radical (unpaired) electrons. The molecule has 1 saturated heterocycles. The second kappa shape index (κ2) is 11.1. The highest BCUT2D eigenvalue weighted by Gasteiger charge is 2.36. The topological polar surface area (TPSA) is 109 Å². The summed E-state index contributed by atoms with van der Waals surface area (Å²) in [5.41, 5.74) is -0.189. The third-order valence-corrected chi connectivity index (χ3v) is 7.94. The van der Waals surface area contributed by atoms with Crippen molar-refractivity contribution < 1.29 is 22.7 Å². The van der Waals surface area contributed by atoms with Gasteiger partial charge in [0, 0.05) is 54.6 Å². The Morgan fingerprint density at radius 3 is 2.74 bits per heavy atom. The van der Waals surface area contributed by atoms with Gasteiger partial charge in [-0.3, -0.25) is 14.0 Å². The minimum atomic E-state index is -1.14. The zero-order chi connectivity index (χ0) is 30.4. The molecule has 4 heterocycles.